The van der Waals surface area contributed by atoms with Crippen molar-refractivity contribution in [2.45, 2.75) is 24.0 Å². The Hall–Kier alpha value is -2.47. The molecule has 0 radical (unpaired) electrons. The molecule has 4 rings (SSSR count). The van der Waals surface area contributed by atoms with Crippen molar-refractivity contribution in [3.05, 3.63) is 40.6 Å². The third kappa shape index (κ3) is 4.65. The summed E-state index contributed by atoms with van der Waals surface area (Å²) < 4.78 is 38.2. The first kappa shape index (κ1) is 22.7. The van der Waals surface area contributed by atoms with Gasteiger partial charge in [0, 0.05) is 36.0 Å². The zero-order chi connectivity index (χ0) is 22.9. The number of amides is 1. The van der Waals surface area contributed by atoms with Gasteiger partial charge in [0.05, 0.1) is 18.7 Å². The van der Waals surface area contributed by atoms with Gasteiger partial charge >= 0.3 is 0 Å². The fourth-order valence-corrected chi connectivity index (χ4v) is 6.51. The second kappa shape index (κ2) is 9.18. The Labute approximate surface area is 194 Å². The van der Waals surface area contributed by atoms with E-state index in [4.69, 9.17) is 20.9 Å². The van der Waals surface area contributed by atoms with Crippen molar-refractivity contribution in [3.63, 3.8) is 0 Å². The normalized spacial score (nSPS) is 17.3. The number of hydrogen-bond acceptors (Lipinski definition) is 8. The van der Waals surface area contributed by atoms with Gasteiger partial charge in [0.1, 0.15) is 9.96 Å². The molecule has 1 aliphatic rings. The van der Waals surface area contributed by atoms with E-state index in [1.165, 1.54) is 17.5 Å². The number of anilines is 1. The van der Waals surface area contributed by atoms with Crippen LogP contribution in [0.15, 0.2) is 38.4 Å². The molecular weight excluding hydrogens is 476 g/mol. The summed E-state index contributed by atoms with van der Waals surface area (Å²) in [6.45, 7) is 2.10. The lowest BCUT2D eigenvalue weighted by Gasteiger charge is -2.30. The lowest BCUT2D eigenvalue weighted by atomic mass is 9.98. The predicted molar refractivity (Wildman–Crippen MR) is 120 cm³/mol. The minimum atomic E-state index is -3.76. The SMILES string of the molecule is COc1ccc(Cl)cc1NC(=O)[C@@H]1CCCN(S(=O)(=O)c2cc(-c3noc(C)n3)cs2)C1. The molecule has 1 fully saturated rings. The molecule has 0 unspecified atom stereocenters. The molecule has 0 bridgehead atoms. The first-order chi connectivity index (χ1) is 15.3. The van der Waals surface area contributed by atoms with Crippen molar-refractivity contribution in [1.82, 2.24) is 14.4 Å². The summed E-state index contributed by atoms with van der Waals surface area (Å²) in [6.07, 6.45) is 1.16. The molecule has 1 aromatic carbocycles. The lowest BCUT2D eigenvalue weighted by Crippen LogP contribution is -2.43. The zero-order valence-electron chi connectivity index (χ0n) is 17.4. The van der Waals surface area contributed by atoms with E-state index in [2.05, 4.69) is 15.5 Å². The minimum absolute atomic E-state index is 0.0889. The third-order valence-electron chi connectivity index (χ3n) is 5.13. The molecule has 3 aromatic rings. The Balaban J connectivity index is 1.49. The summed E-state index contributed by atoms with van der Waals surface area (Å²) in [7, 11) is -2.26. The van der Waals surface area contributed by atoms with Crippen molar-refractivity contribution in [2.24, 2.45) is 5.92 Å². The van der Waals surface area contributed by atoms with Gasteiger partial charge in [-0.15, -0.1) is 11.3 Å². The maximum Gasteiger partial charge on any atom is 0.252 e. The molecule has 3 heterocycles. The fourth-order valence-electron chi connectivity index (χ4n) is 3.50. The van der Waals surface area contributed by atoms with Gasteiger partial charge in [-0.1, -0.05) is 16.8 Å². The number of halogens is 1. The van der Waals surface area contributed by atoms with Gasteiger partial charge in [0.25, 0.3) is 10.0 Å². The van der Waals surface area contributed by atoms with E-state index < -0.39 is 15.9 Å². The predicted octanol–water partition coefficient (Wildman–Crippen LogP) is 3.81. The lowest BCUT2D eigenvalue weighted by molar-refractivity contribution is -0.120. The zero-order valence-corrected chi connectivity index (χ0v) is 19.8. The van der Waals surface area contributed by atoms with E-state index in [-0.39, 0.29) is 16.7 Å². The second-order valence-electron chi connectivity index (χ2n) is 7.33. The van der Waals surface area contributed by atoms with Crippen LogP contribution in [-0.2, 0) is 14.8 Å². The number of nitrogens with zero attached hydrogens (tertiary/aromatic N) is 3. The molecule has 1 aliphatic heterocycles. The maximum absolute atomic E-state index is 13.2. The van der Waals surface area contributed by atoms with Crippen LogP contribution >= 0.6 is 22.9 Å². The molecule has 0 spiro atoms. The quantitative estimate of drug-likeness (QED) is 0.551. The Morgan fingerprint density at radius 3 is 2.91 bits per heavy atom. The van der Waals surface area contributed by atoms with Gasteiger partial charge in [0.2, 0.25) is 17.6 Å². The van der Waals surface area contributed by atoms with Crippen LogP contribution in [0.1, 0.15) is 18.7 Å². The van der Waals surface area contributed by atoms with Gasteiger partial charge in [-0.25, -0.2) is 8.42 Å². The van der Waals surface area contributed by atoms with Crippen LogP contribution in [0.5, 0.6) is 5.75 Å². The van der Waals surface area contributed by atoms with Crippen LogP contribution < -0.4 is 10.1 Å². The van der Waals surface area contributed by atoms with Gasteiger partial charge in [0.15, 0.2) is 0 Å². The van der Waals surface area contributed by atoms with Crippen molar-refractivity contribution in [3.8, 4) is 17.1 Å². The average Bonchev–Trinajstić information content (AvgIpc) is 3.43. The molecule has 2 aromatic heterocycles. The van der Waals surface area contributed by atoms with Crippen LogP contribution in [0.2, 0.25) is 5.02 Å². The average molecular weight is 497 g/mol. The molecule has 12 heteroatoms. The summed E-state index contributed by atoms with van der Waals surface area (Å²) in [5, 5.41) is 8.78. The number of benzene rings is 1. The summed E-state index contributed by atoms with van der Waals surface area (Å²) in [5.74, 6) is 0.440. The number of carbonyl (C=O) groups is 1. The number of aryl methyl sites for hydroxylation is 1. The number of nitrogens with one attached hydrogen (secondary N) is 1. The Kier molecular flexibility index (Phi) is 6.52. The highest BCUT2D eigenvalue weighted by Gasteiger charge is 2.34. The highest BCUT2D eigenvalue weighted by atomic mass is 35.5. The number of carbonyl (C=O) groups excluding carboxylic acids is 1. The molecule has 0 saturated carbocycles. The topological polar surface area (TPSA) is 115 Å². The number of rotatable bonds is 6. The Morgan fingerprint density at radius 2 is 2.19 bits per heavy atom. The van der Waals surface area contributed by atoms with Gasteiger partial charge in [-0.05, 0) is 37.1 Å². The number of methoxy groups -OCH3 is 1. The van der Waals surface area contributed by atoms with E-state index in [1.807, 2.05) is 0 Å². The van der Waals surface area contributed by atoms with Crippen molar-refractivity contribution < 1.29 is 22.5 Å². The maximum atomic E-state index is 13.2. The number of aromatic nitrogens is 2. The first-order valence-electron chi connectivity index (χ1n) is 9.81. The summed E-state index contributed by atoms with van der Waals surface area (Å²) in [5.41, 5.74) is 1.02. The highest BCUT2D eigenvalue weighted by Crippen LogP contribution is 2.32. The number of thiophene rings is 1. The monoisotopic (exact) mass is 496 g/mol. The fraction of sp³-hybridized carbons (Fsp3) is 0.350. The number of ether oxygens (including phenoxy) is 1. The molecule has 32 heavy (non-hydrogen) atoms. The largest absolute Gasteiger partial charge is 0.495 e. The Bertz CT molecular complexity index is 1240. The highest BCUT2D eigenvalue weighted by molar-refractivity contribution is 7.91. The molecule has 9 nitrogen and oxygen atoms in total. The Morgan fingerprint density at radius 1 is 1.38 bits per heavy atom. The van der Waals surface area contributed by atoms with Gasteiger partial charge in [-0.3, -0.25) is 4.79 Å². The summed E-state index contributed by atoms with van der Waals surface area (Å²) in [4.78, 5) is 17.0. The van der Waals surface area contributed by atoms with Crippen LogP contribution in [0, 0.1) is 12.8 Å². The van der Waals surface area contributed by atoms with E-state index in [0.29, 0.717) is 53.1 Å². The number of sulfonamides is 1. The third-order valence-corrected chi connectivity index (χ3v) is 8.65. The summed E-state index contributed by atoms with van der Waals surface area (Å²) >= 11 is 7.12. The van der Waals surface area contributed by atoms with Crippen molar-refractivity contribution in [1.29, 1.82) is 0 Å². The smallest absolute Gasteiger partial charge is 0.252 e. The molecule has 1 N–H and O–H groups in total. The van der Waals surface area contributed by atoms with Crippen LogP contribution in [-0.4, -0.2) is 49.0 Å². The molecule has 1 amide bonds. The number of piperidine rings is 1. The molecule has 0 aliphatic carbocycles. The van der Waals surface area contributed by atoms with Crippen LogP contribution in [0.4, 0.5) is 5.69 Å². The van der Waals surface area contributed by atoms with Gasteiger partial charge in [-0.2, -0.15) is 9.29 Å². The van der Waals surface area contributed by atoms with E-state index in [1.54, 1.807) is 30.5 Å². The standard InChI is InChI=1S/C20H21ClN4O5S2/c1-12-22-19(24-30-12)14-8-18(31-11-14)32(27,28)25-7-3-4-13(10-25)20(26)23-16-9-15(21)5-6-17(16)29-2/h5-6,8-9,11,13H,3-4,7,10H2,1-2H3,(H,23,26)/t13-/m1/s1. The molecular formula is C20H21ClN4O5S2. The summed E-state index contributed by atoms with van der Waals surface area (Å²) in [6, 6.07) is 6.46. The minimum Gasteiger partial charge on any atom is -0.495 e. The number of hydrogen-bond donors (Lipinski definition) is 1. The van der Waals surface area contributed by atoms with Crippen molar-refractivity contribution >= 4 is 44.6 Å². The van der Waals surface area contributed by atoms with Crippen molar-refractivity contribution in [2.75, 3.05) is 25.5 Å². The molecule has 170 valence electrons. The molecule has 1 saturated heterocycles. The van der Waals surface area contributed by atoms with Gasteiger partial charge < -0.3 is 14.6 Å². The van der Waals surface area contributed by atoms with E-state index >= 15 is 0 Å². The van der Waals surface area contributed by atoms with Crippen LogP contribution in [0.25, 0.3) is 11.4 Å². The molecule has 1 atom stereocenters. The first-order valence-corrected chi connectivity index (χ1v) is 12.5. The van der Waals surface area contributed by atoms with E-state index in [9.17, 15) is 13.2 Å². The second-order valence-corrected chi connectivity index (χ2v) is 10.8. The van der Waals surface area contributed by atoms with Crippen LogP contribution in [0.3, 0.4) is 0 Å². The van der Waals surface area contributed by atoms with E-state index in [0.717, 1.165) is 11.3 Å².